The number of fused-ring (bicyclic) bond motifs is 2. The molecule has 1 N–H and O–H groups in total. The molecule has 2 aliphatic heterocycles. The van der Waals surface area contributed by atoms with E-state index in [1.807, 2.05) is 32.9 Å². The monoisotopic (exact) mass is 555 g/mol. The number of anilines is 1. The number of ether oxygens (including phenoxy) is 1. The van der Waals surface area contributed by atoms with Crippen LogP contribution >= 0.6 is 0 Å². The maximum atomic E-state index is 14.3. The minimum atomic E-state index is -0.689. The lowest BCUT2D eigenvalue weighted by Gasteiger charge is -2.39. The second kappa shape index (κ2) is 10.6. The van der Waals surface area contributed by atoms with Gasteiger partial charge in [0.15, 0.2) is 0 Å². The van der Waals surface area contributed by atoms with Gasteiger partial charge in [-0.1, -0.05) is 6.08 Å². The number of carbonyl (C=O) groups is 1. The fraction of sp³-hybridized carbons (Fsp3) is 0.485. The minimum Gasteiger partial charge on any atom is -0.459 e. The van der Waals surface area contributed by atoms with Gasteiger partial charge in [0.05, 0.1) is 6.07 Å². The smallest absolute Gasteiger partial charge is 0.324 e. The quantitative estimate of drug-likeness (QED) is 0.373. The van der Waals surface area contributed by atoms with Crippen molar-refractivity contribution in [1.82, 2.24) is 14.9 Å². The lowest BCUT2D eigenvalue weighted by Crippen LogP contribution is -2.42. The van der Waals surface area contributed by atoms with Crippen LogP contribution in [0.25, 0.3) is 27.7 Å². The normalized spacial score (nSPS) is 22.0. The van der Waals surface area contributed by atoms with Gasteiger partial charge in [0, 0.05) is 66.8 Å². The molecule has 4 heterocycles. The molecule has 1 saturated carbocycles. The SMILES string of the molecule is CN1Cc2c(C3=CCN(C4CCC(C(C#N)C(=O)OC(C)(C)C)CC4)CC3)[nH]c3nccc(c23)-c2cc(F)ccc21. The highest BCUT2D eigenvalue weighted by Crippen LogP contribution is 2.43. The molecule has 1 unspecified atom stereocenters. The van der Waals surface area contributed by atoms with Crippen LogP contribution in [0.2, 0.25) is 0 Å². The number of nitrogens with one attached hydrogen (secondary N) is 1. The zero-order valence-electron chi connectivity index (χ0n) is 24.3. The molecule has 0 amide bonds. The molecule has 6 rings (SSSR count). The van der Waals surface area contributed by atoms with Crippen molar-refractivity contribution in [3.05, 3.63) is 53.6 Å². The topological polar surface area (TPSA) is 85.3 Å². The van der Waals surface area contributed by atoms with Crippen molar-refractivity contribution >= 4 is 28.3 Å². The number of carbonyl (C=O) groups excluding carboxylic acids is 1. The standard InChI is InChI=1S/C33H38FN5O2/c1-33(2,3)41-32(40)26(18-35)20-5-8-23(9-6-20)39-15-12-21(13-16-39)30-27-19-38(4)28-10-7-22(34)17-25(28)24-11-14-36-31(37-30)29(24)27/h7,10-12,14,17,20,23,26H,5-6,8-9,13,15-16,19H2,1-4H3,(H,36,37). The van der Waals surface area contributed by atoms with E-state index in [4.69, 9.17) is 4.74 Å². The van der Waals surface area contributed by atoms with Gasteiger partial charge in [-0.2, -0.15) is 5.26 Å². The van der Waals surface area contributed by atoms with Gasteiger partial charge in [-0.25, -0.2) is 9.37 Å². The molecule has 2 aromatic heterocycles. The lowest BCUT2D eigenvalue weighted by molar-refractivity contribution is -0.160. The Labute approximate surface area is 241 Å². The molecule has 0 saturated heterocycles. The first kappa shape index (κ1) is 27.5. The van der Waals surface area contributed by atoms with Crippen LogP contribution in [0.5, 0.6) is 0 Å². The van der Waals surface area contributed by atoms with Crippen molar-refractivity contribution in [2.75, 3.05) is 25.0 Å². The molecular weight excluding hydrogens is 517 g/mol. The fourth-order valence-electron chi connectivity index (χ4n) is 6.98. The van der Waals surface area contributed by atoms with Crippen LogP contribution in [-0.2, 0) is 16.1 Å². The molecule has 0 spiro atoms. The van der Waals surface area contributed by atoms with E-state index < -0.39 is 11.5 Å². The predicted molar refractivity (Wildman–Crippen MR) is 158 cm³/mol. The molecule has 1 fully saturated rings. The molecular formula is C33H38FN5O2. The fourth-order valence-corrected chi connectivity index (χ4v) is 6.98. The molecule has 41 heavy (non-hydrogen) atoms. The van der Waals surface area contributed by atoms with Crippen LogP contribution in [0.4, 0.5) is 10.1 Å². The summed E-state index contributed by atoms with van der Waals surface area (Å²) in [6.07, 6.45) is 8.77. The van der Waals surface area contributed by atoms with Gasteiger partial charge in [-0.05, 0) is 94.2 Å². The molecule has 1 aliphatic carbocycles. The van der Waals surface area contributed by atoms with Gasteiger partial charge in [0.1, 0.15) is 23.0 Å². The summed E-state index contributed by atoms with van der Waals surface area (Å²) in [7, 11) is 2.06. The second-order valence-electron chi connectivity index (χ2n) is 12.8. The Hall–Kier alpha value is -3.70. The molecule has 1 aromatic carbocycles. The molecule has 214 valence electrons. The van der Waals surface area contributed by atoms with Crippen LogP contribution in [0.3, 0.4) is 0 Å². The van der Waals surface area contributed by atoms with E-state index in [0.717, 1.165) is 85.3 Å². The first-order valence-corrected chi connectivity index (χ1v) is 14.7. The third-order valence-electron chi connectivity index (χ3n) is 8.94. The van der Waals surface area contributed by atoms with Gasteiger partial charge >= 0.3 is 5.97 Å². The van der Waals surface area contributed by atoms with Crippen molar-refractivity contribution in [2.24, 2.45) is 11.8 Å². The van der Waals surface area contributed by atoms with Crippen molar-refractivity contribution in [3.63, 3.8) is 0 Å². The summed E-state index contributed by atoms with van der Waals surface area (Å²) < 4.78 is 19.8. The van der Waals surface area contributed by atoms with Crippen LogP contribution in [-0.4, -0.2) is 52.6 Å². The summed E-state index contributed by atoms with van der Waals surface area (Å²) in [6.45, 7) is 8.08. The molecule has 1 atom stereocenters. The maximum Gasteiger partial charge on any atom is 0.324 e. The van der Waals surface area contributed by atoms with Gasteiger partial charge in [-0.15, -0.1) is 0 Å². The van der Waals surface area contributed by atoms with Crippen molar-refractivity contribution in [2.45, 2.75) is 71.1 Å². The summed E-state index contributed by atoms with van der Waals surface area (Å²) in [5, 5.41) is 10.8. The minimum absolute atomic E-state index is 0.0571. The highest BCUT2D eigenvalue weighted by atomic mass is 19.1. The zero-order valence-corrected chi connectivity index (χ0v) is 24.3. The number of esters is 1. The number of hydrogen-bond donors (Lipinski definition) is 1. The van der Waals surface area contributed by atoms with Crippen LogP contribution < -0.4 is 4.90 Å². The Bertz CT molecular complexity index is 1550. The Kier molecular flexibility index (Phi) is 7.11. The maximum absolute atomic E-state index is 14.3. The van der Waals surface area contributed by atoms with Gasteiger partial charge in [0.2, 0.25) is 0 Å². The molecule has 0 radical (unpaired) electrons. The second-order valence-corrected chi connectivity index (χ2v) is 12.8. The highest BCUT2D eigenvalue weighted by molar-refractivity contribution is 6.02. The largest absolute Gasteiger partial charge is 0.459 e. The Morgan fingerprint density at radius 3 is 2.66 bits per heavy atom. The number of hydrogen-bond acceptors (Lipinski definition) is 6. The summed E-state index contributed by atoms with van der Waals surface area (Å²) in [5.41, 5.74) is 6.84. The van der Waals surface area contributed by atoms with Crippen molar-refractivity contribution in [1.29, 1.82) is 5.26 Å². The number of nitrogens with zero attached hydrogens (tertiary/aromatic N) is 4. The van der Waals surface area contributed by atoms with Crippen LogP contribution in [0.1, 0.15) is 64.1 Å². The molecule has 3 aromatic rings. The number of pyridine rings is 1. The van der Waals surface area contributed by atoms with Gasteiger partial charge in [0.25, 0.3) is 0 Å². The van der Waals surface area contributed by atoms with E-state index in [1.165, 1.54) is 17.2 Å². The molecule has 3 aliphatic rings. The van der Waals surface area contributed by atoms with Crippen molar-refractivity contribution in [3.8, 4) is 17.2 Å². The zero-order chi connectivity index (χ0) is 28.9. The Balaban J connectivity index is 1.18. The van der Waals surface area contributed by atoms with E-state index in [0.29, 0.717) is 6.04 Å². The lowest BCUT2D eigenvalue weighted by atomic mass is 9.78. The Morgan fingerprint density at radius 2 is 1.98 bits per heavy atom. The summed E-state index contributed by atoms with van der Waals surface area (Å²) in [4.78, 5) is 25.6. The third kappa shape index (κ3) is 5.24. The first-order chi connectivity index (χ1) is 19.6. The number of H-pyrrole nitrogens is 1. The Morgan fingerprint density at radius 1 is 1.20 bits per heavy atom. The number of rotatable bonds is 4. The molecule has 8 heteroatoms. The number of benzene rings is 1. The van der Waals surface area contributed by atoms with E-state index >= 15 is 0 Å². The van der Waals surface area contributed by atoms with Crippen LogP contribution in [0.15, 0.2) is 36.5 Å². The molecule has 7 nitrogen and oxygen atoms in total. The summed E-state index contributed by atoms with van der Waals surface area (Å²) in [5.74, 6) is -1.26. The van der Waals surface area contributed by atoms with E-state index in [2.05, 4.69) is 39.0 Å². The van der Waals surface area contributed by atoms with Gasteiger partial charge in [-0.3, -0.25) is 9.69 Å². The van der Waals surface area contributed by atoms with Gasteiger partial charge < -0.3 is 14.6 Å². The predicted octanol–water partition coefficient (Wildman–Crippen LogP) is 6.45. The molecule has 0 bridgehead atoms. The summed E-state index contributed by atoms with van der Waals surface area (Å²) >= 11 is 0. The number of nitriles is 1. The average molecular weight is 556 g/mol. The van der Waals surface area contributed by atoms with E-state index in [9.17, 15) is 14.4 Å². The van der Waals surface area contributed by atoms with Crippen molar-refractivity contribution < 1.29 is 13.9 Å². The average Bonchev–Trinajstić information content (AvgIpc) is 3.25. The van der Waals surface area contributed by atoms with Crippen LogP contribution in [0, 0.1) is 29.0 Å². The number of halogens is 1. The summed E-state index contributed by atoms with van der Waals surface area (Å²) in [6, 6.07) is 9.70. The third-order valence-corrected chi connectivity index (χ3v) is 8.94. The first-order valence-electron chi connectivity index (χ1n) is 14.7. The number of aromatic amines is 1. The van der Waals surface area contributed by atoms with E-state index in [1.54, 1.807) is 12.3 Å². The highest BCUT2D eigenvalue weighted by Gasteiger charge is 2.37. The number of aromatic nitrogens is 2. The van der Waals surface area contributed by atoms with E-state index in [-0.39, 0.29) is 17.7 Å².